The van der Waals surface area contributed by atoms with Gasteiger partial charge in [0, 0.05) is 36.7 Å². The fourth-order valence-corrected chi connectivity index (χ4v) is 1.94. The second-order valence-corrected chi connectivity index (χ2v) is 4.08. The lowest BCUT2D eigenvalue weighted by Gasteiger charge is -2.07. The lowest BCUT2D eigenvalue weighted by Crippen LogP contribution is -2.31. The zero-order valence-electron chi connectivity index (χ0n) is 10.4. The average Bonchev–Trinajstić information content (AvgIpc) is 2.48. The Bertz CT molecular complexity index is 697. The molecule has 3 rings (SSSR count). The van der Waals surface area contributed by atoms with E-state index in [-0.39, 0.29) is 0 Å². The normalized spacial score (nSPS) is 10.4. The standard InChI is InChI=1S/C14H10N4O2/c19-17-9-3-1-5-11(17)13-14(16-8-7-15-13)12-6-2-4-10-18(12)20/h1-10H. The van der Waals surface area contributed by atoms with Gasteiger partial charge in [-0.1, -0.05) is 0 Å². The van der Waals surface area contributed by atoms with E-state index in [0.717, 1.165) is 0 Å². The maximum atomic E-state index is 11.9. The van der Waals surface area contributed by atoms with Gasteiger partial charge in [0.05, 0.1) is 0 Å². The third-order valence-electron chi connectivity index (χ3n) is 2.83. The molecule has 98 valence electrons. The summed E-state index contributed by atoms with van der Waals surface area (Å²) in [5.74, 6) is 0. The molecule has 0 N–H and O–H groups in total. The Kier molecular flexibility index (Phi) is 2.96. The predicted octanol–water partition coefficient (Wildman–Crippen LogP) is 1.08. The summed E-state index contributed by atoms with van der Waals surface area (Å²) in [5, 5.41) is 23.7. The van der Waals surface area contributed by atoms with Crippen molar-refractivity contribution >= 4 is 0 Å². The largest absolute Gasteiger partial charge is 0.618 e. The molecule has 0 atom stereocenters. The van der Waals surface area contributed by atoms with Crippen LogP contribution in [0.4, 0.5) is 0 Å². The lowest BCUT2D eigenvalue weighted by molar-refractivity contribution is -0.595. The molecule has 0 unspecified atom stereocenters. The highest BCUT2D eigenvalue weighted by molar-refractivity contribution is 5.70. The molecule has 20 heavy (non-hydrogen) atoms. The van der Waals surface area contributed by atoms with Crippen LogP contribution in [0.15, 0.2) is 61.2 Å². The van der Waals surface area contributed by atoms with Gasteiger partial charge in [-0.05, 0) is 12.1 Å². The van der Waals surface area contributed by atoms with Crippen LogP contribution in [0.5, 0.6) is 0 Å². The molecule has 3 aromatic heterocycles. The number of nitrogens with zero attached hydrogens (tertiary/aromatic N) is 4. The summed E-state index contributed by atoms with van der Waals surface area (Å²) in [7, 11) is 0. The van der Waals surface area contributed by atoms with Crippen LogP contribution in [-0.4, -0.2) is 9.97 Å². The van der Waals surface area contributed by atoms with E-state index in [1.807, 2.05) is 0 Å². The maximum absolute atomic E-state index is 11.9. The van der Waals surface area contributed by atoms with Gasteiger partial charge in [-0.25, -0.2) is 9.97 Å². The van der Waals surface area contributed by atoms with Crippen LogP contribution in [-0.2, 0) is 0 Å². The maximum Gasteiger partial charge on any atom is 0.244 e. The Hall–Kier alpha value is -3.02. The van der Waals surface area contributed by atoms with Crippen molar-refractivity contribution in [3.05, 3.63) is 71.6 Å². The van der Waals surface area contributed by atoms with Crippen LogP contribution in [0.3, 0.4) is 0 Å². The predicted molar refractivity (Wildman–Crippen MR) is 70.8 cm³/mol. The lowest BCUT2D eigenvalue weighted by atomic mass is 10.1. The molecule has 0 aliphatic rings. The van der Waals surface area contributed by atoms with Gasteiger partial charge in [0.2, 0.25) is 11.4 Å². The molecule has 3 aromatic rings. The van der Waals surface area contributed by atoms with Crippen molar-refractivity contribution in [1.82, 2.24) is 9.97 Å². The molecule has 6 heteroatoms. The first-order chi connectivity index (χ1) is 9.77. The Morgan fingerprint density at radius 2 is 1.15 bits per heavy atom. The molecule has 0 spiro atoms. The molecule has 0 amide bonds. The molecular formula is C14H10N4O2. The van der Waals surface area contributed by atoms with E-state index in [1.165, 1.54) is 24.8 Å². The summed E-state index contributed by atoms with van der Waals surface area (Å²) in [6.07, 6.45) is 5.74. The SMILES string of the molecule is [O-][n+]1ccccc1-c1nccnc1-c1cccc[n+]1[O-]. The highest BCUT2D eigenvalue weighted by Crippen LogP contribution is 2.23. The van der Waals surface area contributed by atoms with Gasteiger partial charge in [-0.2, -0.15) is 9.46 Å². The minimum absolute atomic E-state index is 0.347. The fraction of sp³-hybridized carbons (Fsp3) is 0. The van der Waals surface area contributed by atoms with Gasteiger partial charge in [-0.15, -0.1) is 0 Å². The molecular weight excluding hydrogens is 256 g/mol. The van der Waals surface area contributed by atoms with E-state index < -0.39 is 0 Å². The van der Waals surface area contributed by atoms with Crippen molar-refractivity contribution < 1.29 is 9.46 Å². The van der Waals surface area contributed by atoms with Gasteiger partial charge < -0.3 is 10.4 Å². The van der Waals surface area contributed by atoms with E-state index in [4.69, 9.17) is 0 Å². The molecule has 6 nitrogen and oxygen atoms in total. The molecule has 0 radical (unpaired) electrons. The Labute approximate surface area is 114 Å². The monoisotopic (exact) mass is 266 g/mol. The van der Waals surface area contributed by atoms with Crippen molar-refractivity contribution in [3.63, 3.8) is 0 Å². The summed E-state index contributed by atoms with van der Waals surface area (Å²) in [6, 6.07) is 10.00. The second-order valence-electron chi connectivity index (χ2n) is 4.08. The van der Waals surface area contributed by atoms with Crippen molar-refractivity contribution in [3.8, 4) is 22.8 Å². The van der Waals surface area contributed by atoms with E-state index in [9.17, 15) is 10.4 Å². The first-order valence-electron chi connectivity index (χ1n) is 5.95. The van der Waals surface area contributed by atoms with Gasteiger partial charge >= 0.3 is 0 Å². The second kappa shape index (κ2) is 4.93. The van der Waals surface area contributed by atoms with Crippen LogP contribution in [0.25, 0.3) is 22.8 Å². The van der Waals surface area contributed by atoms with E-state index >= 15 is 0 Å². The molecule has 3 heterocycles. The van der Waals surface area contributed by atoms with Gasteiger partial charge in [0.1, 0.15) is 0 Å². The summed E-state index contributed by atoms with van der Waals surface area (Å²) in [4.78, 5) is 8.38. The summed E-state index contributed by atoms with van der Waals surface area (Å²) >= 11 is 0. The van der Waals surface area contributed by atoms with Crippen LogP contribution in [0.2, 0.25) is 0 Å². The van der Waals surface area contributed by atoms with Crippen LogP contribution in [0, 0.1) is 10.4 Å². The topological polar surface area (TPSA) is 79.7 Å². The zero-order valence-corrected chi connectivity index (χ0v) is 10.4. The molecule has 0 saturated heterocycles. The van der Waals surface area contributed by atoms with Crippen LogP contribution < -0.4 is 9.46 Å². The zero-order chi connectivity index (χ0) is 13.9. The quantitative estimate of drug-likeness (QED) is 0.513. The Morgan fingerprint density at radius 1 is 0.700 bits per heavy atom. The molecule has 0 aromatic carbocycles. The van der Waals surface area contributed by atoms with Gasteiger partial charge in [0.25, 0.3) is 0 Å². The van der Waals surface area contributed by atoms with Crippen molar-refractivity contribution in [1.29, 1.82) is 0 Å². The summed E-state index contributed by atoms with van der Waals surface area (Å²) in [5.41, 5.74) is 1.44. The van der Waals surface area contributed by atoms with Crippen LogP contribution in [0.1, 0.15) is 0 Å². The molecule has 0 saturated carbocycles. The van der Waals surface area contributed by atoms with Gasteiger partial charge in [-0.3, -0.25) is 0 Å². The third kappa shape index (κ3) is 2.03. The smallest absolute Gasteiger partial charge is 0.244 e. The third-order valence-corrected chi connectivity index (χ3v) is 2.83. The highest BCUT2D eigenvalue weighted by atomic mass is 16.5. The van der Waals surface area contributed by atoms with Crippen LogP contribution >= 0.6 is 0 Å². The minimum atomic E-state index is 0.347. The van der Waals surface area contributed by atoms with Gasteiger partial charge in [0.15, 0.2) is 23.8 Å². The Morgan fingerprint density at radius 3 is 1.55 bits per heavy atom. The minimum Gasteiger partial charge on any atom is -0.618 e. The highest BCUT2D eigenvalue weighted by Gasteiger charge is 2.21. The van der Waals surface area contributed by atoms with E-state index in [0.29, 0.717) is 32.2 Å². The number of hydrogen-bond donors (Lipinski definition) is 0. The summed E-state index contributed by atoms with van der Waals surface area (Å²) in [6.45, 7) is 0. The number of rotatable bonds is 2. The molecule has 0 bridgehead atoms. The number of hydrogen-bond acceptors (Lipinski definition) is 4. The first-order valence-corrected chi connectivity index (χ1v) is 5.95. The molecule has 0 aliphatic heterocycles. The van der Waals surface area contributed by atoms with E-state index in [2.05, 4.69) is 9.97 Å². The number of aromatic nitrogens is 4. The first kappa shape index (κ1) is 12.0. The van der Waals surface area contributed by atoms with Crippen molar-refractivity contribution in [2.75, 3.05) is 0 Å². The Balaban J connectivity index is 2.25. The van der Waals surface area contributed by atoms with E-state index in [1.54, 1.807) is 36.4 Å². The average molecular weight is 266 g/mol. The van der Waals surface area contributed by atoms with Crippen molar-refractivity contribution in [2.24, 2.45) is 0 Å². The van der Waals surface area contributed by atoms with Crippen molar-refractivity contribution in [2.45, 2.75) is 0 Å². The fourth-order valence-electron chi connectivity index (χ4n) is 1.94. The summed E-state index contributed by atoms with van der Waals surface area (Å²) < 4.78 is 1.40. The molecule has 0 aliphatic carbocycles. The number of pyridine rings is 2. The molecule has 0 fully saturated rings.